The maximum atomic E-state index is 13.1. The molecule has 2 aromatic carbocycles. The molecular formula is C20H23FN2O3S. The lowest BCUT2D eigenvalue weighted by molar-refractivity contribution is 0.0696. The monoisotopic (exact) mass is 390 g/mol. The van der Waals surface area contributed by atoms with Gasteiger partial charge >= 0.3 is 0 Å². The van der Waals surface area contributed by atoms with Crippen molar-refractivity contribution in [1.82, 2.24) is 9.21 Å². The van der Waals surface area contributed by atoms with Crippen LogP contribution in [-0.4, -0.2) is 49.7 Å². The highest BCUT2D eigenvalue weighted by atomic mass is 32.2. The van der Waals surface area contributed by atoms with Crippen molar-refractivity contribution in [3.63, 3.8) is 0 Å². The van der Waals surface area contributed by atoms with Crippen molar-refractivity contribution < 1.29 is 17.6 Å². The first-order chi connectivity index (χ1) is 12.7. The lowest BCUT2D eigenvalue weighted by Gasteiger charge is -2.34. The van der Waals surface area contributed by atoms with Crippen LogP contribution in [0.1, 0.15) is 27.0 Å². The third kappa shape index (κ3) is 3.89. The minimum Gasteiger partial charge on any atom is -0.336 e. The van der Waals surface area contributed by atoms with Gasteiger partial charge in [0, 0.05) is 31.7 Å². The van der Waals surface area contributed by atoms with Gasteiger partial charge in [0.2, 0.25) is 10.0 Å². The number of aryl methyl sites for hydroxylation is 3. The number of halogens is 1. The van der Waals surface area contributed by atoms with Crippen molar-refractivity contribution in [2.24, 2.45) is 0 Å². The molecule has 1 saturated heterocycles. The van der Waals surface area contributed by atoms with Gasteiger partial charge < -0.3 is 4.90 Å². The Bertz CT molecular complexity index is 940. The largest absolute Gasteiger partial charge is 0.336 e. The van der Waals surface area contributed by atoms with E-state index >= 15 is 0 Å². The quantitative estimate of drug-likeness (QED) is 0.810. The number of sulfonamides is 1. The number of rotatable bonds is 3. The van der Waals surface area contributed by atoms with Crippen LogP contribution in [-0.2, 0) is 10.0 Å². The van der Waals surface area contributed by atoms with Crippen LogP contribution in [0.15, 0.2) is 41.3 Å². The van der Waals surface area contributed by atoms with E-state index in [0.717, 1.165) is 28.8 Å². The molecule has 3 rings (SSSR count). The van der Waals surface area contributed by atoms with Crippen LogP contribution in [0.5, 0.6) is 0 Å². The van der Waals surface area contributed by atoms with Gasteiger partial charge in [-0.3, -0.25) is 4.79 Å². The molecule has 0 saturated carbocycles. The molecule has 1 heterocycles. The second-order valence-electron chi connectivity index (χ2n) is 6.92. The highest BCUT2D eigenvalue weighted by Gasteiger charge is 2.31. The van der Waals surface area contributed by atoms with E-state index in [9.17, 15) is 17.6 Å². The van der Waals surface area contributed by atoms with E-state index in [4.69, 9.17) is 0 Å². The summed E-state index contributed by atoms with van der Waals surface area (Å²) in [6.07, 6.45) is 0. The lowest BCUT2D eigenvalue weighted by Crippen LogP contribution is -2.50. The molecule has 0 N–H and O–H groups in total. The van der Waals surface area contributed by atoms with Crippen molar-refractivity contribution >= 4 is 15.9 Å². The molecule has 1 aliphatic heterocycles. The fourth-order valence-corrected chi connectivity index (χ4v) is 4.98. The average molecular weight is 390 g/mol. The van der Waals surface area contributed by atoms with Gasteiger partial charge in [0.15, 0.2) is 0 Å². The van der Waals surface area contributed by atoms with Gasteiger partial charge in [-0.1, -0.05) is 17.7 Å². The van der Waals surface area contributed by atoms with Crippen LogP contribution in [0.2, 0.25) is 0 Å². The molecule has 0 radical (unpaired) electrons. The minimum atomic E-state index is -3.69. The van der Waals surface area contributed by atoms with E-state index in [1.54, 1.807) is 4.90 Å². The Morgan fingerprint density at radius 3 is 1.96 bits per heavy atom. The summed E-state index contributed by atoms with van der Waals surface area (Å²) < 4.78 is 39.8. The molecule has 27 heavy (non-hydrogen) atoms. The summed E-state index contributed by atoms with van der Waals surface area (Å²) in [5.41, 5.74) is 3.66. The van der Waals surface area contributed by atoms with E-state index in [0.29, 0.717) is 18.7 Å². The minimum absolute atomic E-state index is 0.0638. The number of carbonyl (C=O) groups is 1. The first-order valence-electron chi connectivity index (χ1n) is 8.83. The number of carbonyl (C=O) groups excluding carboxylic acids is 1. The molecule has 7 heteroatoms. The zero-order valence-electron chi connectivity index (χ0n) is 15.7. The normalized spacial score (nSPS) is 15.8. The zero-order valence-corrected chi connectivity index (χ0v) is 16.5. The fraction of sp³-hybridized carbons (Fsp3) is 0.350. The summed E-state index contributed by atoms with van der Waals surface area (Å²) in [4.78, 5) is 14.7. The molecule has 0 aromatic heterocycles. The molecule has 1 aliphatic rings. The first-order valence-corrected chi connectivity index (χ1v) is 10.3. The number of piperazine rings is 1. The standard InChI is InChI=1S/C20H23FN2O3S/c1-14-12-15(2)19(16(3)13-14)20(24)22-8-10-23(11-9-22)27(25,26)18-6-4-17(21)5-7-18/h4-7,12-13H,8-11H2,1-3H3. The maximum Gasteiger partial charge on any atom is 0.254 e. The number of hydrogen-bond donors (Lipinski definition) is 0. The second-order valence-corrected chi connectivity index (χ2v) is 8.86. The van der Waals surface area contributed by atoms with Crippen LogP contribution in [0.25, 0.3) is 0 Å². The van der Waals surface area contributed by atoms with Gasteiger partial charge in [-0.25, -0.2) is 12.8 Å². The smallest absolute Gasteiger partial charge is 0.254 e. The van der Waals surface area contributed by atoms with Gasteiger partial charge in [0.1, 0.15) is 5.82 Å². The Morgan fingerprint density at radius 1 is 0.926 bits per heavy atom. The molecule has 1 amide bonds. The SMILES string of the molecule is Cc1cc(C)c(C(=O)N2CCN(S(=O)(=O)c3ccc(F)cc3)CC2)c(C)c1. The van der Waals surface area contributed by atoms with Gasteiger partial charge in [-0.2, -0.15) is 4.31 Å². The Hall–Kier alpha value is -2.25. The summed E-state index contributed by atoms with van der Waals surface area (Å²) in [6, 6.07) is 8.76. The lowest BCUT2D eigenvalue weighted by atomic mass is 9.98. The molecule has 2 aromatic rings. The van der Waals surface area contributed by atoms with Crippen LogP contribution >= 0.6 is 0 Å². The third-order valence-electron chi connectivity index (χ3n) is 4.87. The van der Waals surface area contributed by atoms with Crippen molar-refractivity contribution in [2.45, 2.75) is 25.7 Å². The molecule has 144 valence electrons. The van der Waals surface area contributed by atoms with E-state index in [1.807, 2.05) is 32.9 Å². The molecule has 0 atom stereocenters. The highest BCUT2D eigenvalue weighted by Crippen LogP contribution is 2.22. The van der Waals surface area contributed by atoms with E-state index in [2.05, 4.69) is 0 Å². The van der Waals surface area contributed by atoms with Crippen LogP contribution < -0.4 is 0 Å². The average Bonchev–Trinajstić information content (AvgIpc) is 2.61. The molecule has 0 bridgehead atoms. The summed E-state index contributed by atoms with van der Waals surface area (Å²) in [5.74, 6) is -0.544. The van der Waals surface area contributed by atoms with Crippen molar-refractivity contribution in [2.75, 3.05) is 26.2 Å². The molecular weight excluding hydrogens is 367 g/mol. The van der Waals surface area contributed by atoms with Gasteiger partial charge in [-0.15, -0.1) is 0 Å². The molecule has 0 unspecified atom stereocenters. The number of hydrogen-bond acceptors (Lipinski definition) is 3. The maximum absolute atomic E-state index is 13.1. The Balaban J connectivity index is 1.74. The predicted octanol–water partition coefficient (Wildman–Crippen LogP) is 2.90. The van der Waals surface area contributed by atoms with E-state index in [1.165, 1.54) is 16.4 Å². The molecule has 5 nitrogen and oxygen atoms in total. The van der Waals surface area contributed by atoms with Crippen molar-refractivity contribution in [1.29, 1.82) is 0 Å². The summed E-state index contributed by atoms with van der Waals surface area (Å²) in [5, 5.41) is 0. The molecule has 1 fully saturated rings. The highest BCUT2D eigenvalue weighted by molar-refractivity contribution is 7.89. The van der Waals surface area contributed by atoms with Crippen LogP contribution in [0, 0.1) is 26.6 Å². The Kier molecular flexibility index (Phi) is 5.35. The van der Waals surface area contributed by atoms with E-state index < -0.39 is 15.8 Å². The van der Waals surface area contributed by atoms with Crippen LogP contribution in [0.4, 0.5) is 4.39 Å². The second kappa shape index (κ2) is 7.40. The van der Waals surface area contributed by atoms with Gasteiger partial charge in [0.05, 0.1) is 4.90 Å². The molecule has 0 aliphatic carbocycles. The summed E-state index contributed by atoms with van der Waals surface area (Å²) >= 11 is 0. The topological polar surface area (TPSA) is 57.7 Å². The van der Waals surface area contributed by atoms with Crippen LogP contribution in [0.3, 0.4) is 0 Å². The summed E-state index contributed by atoms with van der Waals surface area (Å²) in [7, 11) is -3.69. The molecule has 0 spiro atoms. The first kappa shape index (κ1) is 19.5. The third-order valence-corrected chi connectivity index (χ3v) is 6.78. The Morgan fingerprint density at radius 2 is 1.44 bits per heavy atom. The van der Waals surface area contributed by atoms with E-state index in [-0.39, 0.29) is 23.9 Å². The van der Waals surface area contributed by atoms with Gasteiger partial charge in [0.25, 0.3) is 5.91 Å². The summed E-state index contributed by atoms with van der Waals surface area (Å²) in [6.45, 7) is 6.92. The predicted molar refractivity (Wildman–Crippen MR) is 102 cm³/mol. The van der Waals surface area contributed by atoms with Crippen molar-refractivity contribution in [3.8, 4) is 0 Å². The van der Waals surface area contributed by atoms with Crippen molar-refractivity contribution in [3.05, 3.63) is 64.5 Å². The number of nitrogens with zero attached hydrogens (tertiary/aromatic N) is 2. The van der Waals surface area contributed by atoms with Gasteiger partial charge in [-0.05, 0) is 56.2 Å². The fourth-order valence-electron chi connectivity index (χ4n) is 3.56. The Labute approximate surface area is 159 Å². The zero-order chi connectivity index (χ0) is 19.8. The number of amides is 1. The number of benzene rings is 2.